The smallest absolute Gasteiger partial charge is 0.408 e. The van der Waals surface area contributed by atoms with Gasteiger partial charge in [-0.3, -0.25) is 9.59 Å². The van der Waals surface area contributed by atoms with E-state index in [1.807, 2.05) is 30.3 Å². The lowest BCUT2D eigenvalue weighted by Gasteiger charge is -2.35. The second-order valence-corrected chi connectivity index (χ2v) is 10.1. The summed E-state index contributed by atoms with van der Waals surface area (Å²) >= 11 is 0. The molecule has 0 aliphatic carbocycles. The molecule has 2 rings (SSSR count). The van der Waals surface area contributed by atoms with E-state index in [1.165, 1.54) is 10.4 Å². The van der Waals surface area contributed by atoms with Gasteiger partial charge in [0, 0.05) is 32.7 Å². The monoisotopic (exact) mass is 494 g/mol. The summed E-state index contributed by atoms with van der Waals surface area (Å²) in [5.74, 6) is -0.531. The molecular formula is C23H34N4O6S. The van der Waals surface area contributed by atoms with E-state index in [1.54, 1.807) is 11.8 Å². The van der Waals surface area contributed by atoms with Crippen molar-refractivity contribution in [2.75, 3.05) is 38.5 Å². The van der Waals surface area contributed by atoms with Gasteiger partial charge in [-0.2, -0.15) is 4.31 Å². The number of piperazine rings is 1. The van der Waals surface area contributed by atoms with Crippen LogP contribution in [0.25, 0.3) is 0 Å². The zero-order chi connectivity index (χ0) is 25.0. The molecule has 1 atom stereocenters. The van der Waals surface area contributed by atoms with Crippen LogP contribution in [-0.2, 0) is 31.0 Å². The van der Waals surface area contributed by atoms with E-state index in [-0.39, 0.29) is 50.4 Å². The predicted molar refractivity (Wildman–Crippen MR) is 128 cm³/mol. The predicted octanol–water partition coefficient (Wildman–Crippen LogP) is 1.25. The number of unbranched alkanes of at least 4 members (excludes halogenated alkanes) is 1. The van der Waals surface area contributed by atoms with E-state index < -0.39 is 22.2 Å². The van der Waals surface area contributed by atoms with Crippen molar-refractivity contribution in [2.45, 2.75) is 38.8 Å². The summed E-state index contributed by atoms with van der Waals surface area (Å²) in [6.07, 6.45) is 2.05. The number of amides is 3. The number of sulfonamides is 1. The van der Waals surface area contributed by atoms with E-state index in [4.69, 9.17) is 4.74 Å². The summed E-state index contributed by atoms with van der Waals surface area (Å²) in [7, 11) is -3.31. The standard InChI is InChI=1S/C23H34N4O6S/c1-3-21(28)24-13-9-8-12-20(25-23(30)33-18-19-10-6-5-7-11-19)22(29)26-14-16-27(17-15-26)34(31,32)4-2/h3,5-7,10-11,20H,1,4,8-9,12-18H2,2H3,(H,24,28)(H,25,30)/t20-/m0/s1. The highest BCUT2D eigenvalue weighted by atomic mass is 32.2. The van der Waals surface area contributed by atoms with Crippen molar-refractivity contribution in [1.82, 2.24) is 19.8 Å². The highest BCUT2D eigenvalue weighted by molar-refractivity contribution is 7.89. The number of hydrogen-bond acceptors (Lipinski definition) is 6. The summed E-state index contributed by atoms with van der Waals surface area (Å²) in [5.41, 5.74) is 0.826. The van der Waals surface area contributed by atoms with Gasteiger partial charge in [-0.15, -0.1) is 0 Å². The van der Waals surface area contributed by atoms with Gasteiger partial charge in [0.1, 0.15) is 12.6 Å². The van der Waals surface area contributed by atoms with E-state index in [0.29, 0.717) is 25.8 Å². The molecule has 188 valence electrons. The Bertz CT molecular complexity index is 930. The molecule has 0 aromatic heterocycles. The van der Waals surface area contributed by atoms with E-state index in [2.05, 4.69) is 17.2 Å². The van der Waals surface area contributed by atoms with Crippen LogP contribution in [-0.4, -0.2) is 80.0 Å². The third-order valence-electron chi connectivity index (χ3n) is 5.52. The zero-order valence-corrected chi connectivity index (χ0v) is 20.4. The van der Waals surface area contributed by atoms with Gasteiger partial charge in [0.25, 0.3) is 0 Å². The topological polar surface area (TPSA) is 125 Å². The summed E-state index contributed by atoms with van der Waals surface area (Å²) in [5, 5.41) is 5.34. The SMILES string of the molecule is C=CC(=O)NCCCC[C@H](NC(=O)OCc1ccccc1)C(=O)N1CCN(S(=O)(=O)CC)CC1. The van der Waals surface area contributed by atoms with E-state index in [0.717, 1.165) is 5.56 Å². The summed E-state index contributed by atoms with van der Waals surface area (Å²) in [6, 6.07) is 8.39. The molecule has 0 radical (unpaired) electrons. The van der Waals surface area contributed by atoms with Gasteiger partial charge in [-0.25, -0.2) is 13.2 Å². The molecule has 1 heterocycles. The first-order valence-electron chi connectivity index (χ1n) is 11.4. The van der Waals surface area contributed by atoms with Crippen molar-refractivity contribution in [1.29, 1.82) is 0 Å². The van der Waals surface area contributed by atoms with Crippen LogP contribution in [0.15, 0.2) is 43.0 Å². The Kier molecular flexibility index (Phi) is 11.0. The van der Waals surface area contributed by atoms with Crippen molar-refractivity contribution >= 4 is 27.9 Å². The minimum Gasteiger partial charge on any atom is -0.445 e. The molecule has 0 saturated carbocycles. The molecule has 1 fully saturated rings. The average Bonchev–Trinajstić information content (AvgIpc) is 2.86. The van der Waals surface area contributed by atoms with Gasteiger partial charge >= 0.3 is 6.09 Å². The number of benzene rings is 1. The average molecular weight is 495 g/mol. The van der Waals surface area contributed by atoms with Crippen LogP contribution in [0.3, 0.4) is 0 Å². The van der Waals surface area contributed by atoms with Gasteiger partial charge in [0.15, 0.2) is 0 Å². The molecule has 1 aliphatic rings. The number of hydrogen-bond donors (Lipinski definition) is 2. The van der Waals surface area contributed by atoms with Gasteiger partial charge in [0.05, 0.1) is 5.75 Å². The number of carbonyl (C=O) groups is 3. The largest absolute Gasteiger partial charge is 0.445 e. The van der Waals surface area contributed by atoms with Gasteiger partial charge in [0.2, 0.25) is 21.8 Å². The first-order chi connectivity index (χ1) is 16.3. The lowest BCUT2D eigenvalue weighted by molar-refractivity contribution is -0.134. The minimum atomic E-state index is -3.31. The molecule has 2 N–H and O–H groups in total. The Morgan fingerprint density at radius 2 is 1.79 bits per heavy atom. The number of ether oxygens (including phenoxy) is 1. The fourth-order valence-corrected chi connectivity index (χ4v) is 4.60. The molecule has 34 heavy (non-hydrogen) atoms. The molecule has 10 nitrogen and oxygen atoms in total. The quantitative estimate of drug-likeness (QED) is 0.333. The number of nitrogens with one attached hydrogen (secondary N) is 2. The lowest BCUT2D eigenvalue weighted by atomic mass is 10.1. The molecule has 1 aliphatic heterocycles. The maximum Gasteiger partial charge on any atom is 0.408 e. The summed E-state index contributed by atoms with van der Waals surface area (Å²) in [4.78, 5) is 38.4. The van der Waals surface area contributed by atoms with Gasteiger partial charge in [-0.05, 0) is 37.8 Å². The van der Waals surface area contributed by atoms with Crippen molar-refractivity contribution in [2.24, 2.45) is 0 Å². The highest BCUT2D eigenvalue weighted by Gasteiger charge is 2.31. The van der Waals surface area contributed by atoms with Crippen molar-refractivity contribution in [3.05, 3.63) is 48.6 Å². The summed E-state index contributed by atoms with van der Waals surface area (Å²) < 4.78 is 30.8. The second-order valence-electron chi connectivity index (χ2n) is 7.87. The van der Waals surface area contributed by atoms with Crippen LogP contribution in [0.5, 0.6) is 0 Å². The van der Waals surface area contributed by atoms with Crippen LogP contribution in [0.4, 0.5) is 4.79 Å². The fourth-order valence-electron chi connectivity index (χ4n) is 3.51. The van der Waals surface area contributed by atoms with E-state index >= 15 is 0 Å². The Hall–Kier alpha value is -2.92. The second kappa shape index (κ2) is 13.7. The molecule has 11 heteroatoms. The molecule has 0 unspecified atom stereocenters. The van der Waals surface area contributed by atoms with E-state index in [9.17, 15) is 22.8 Å². The van der Waals surface area contributed by atoms with Crippen molar-refractivity contribution in [3.63, 3.8) is 0 Å². The van der Waals surface area contributed by atoms with Crippen LogP contribution >= 0.6 is 0 Å². The zero-order valence-electron chi connectivity index (χ0n) is 19.6. The molecule has 0 bridgehead atoms. The Morgan fingerprint density at radius 1 is 1.12 bits per heavy atom. The first-order valence-corrected chi connectivity index (χ1v) is 13.0. The maximum absolute atomic E-state index is 13.2. The van der Waals surface area contributed by atoms with Crippen molar-refractivity contribution in [3.8, 4) is 0 Å². The molecule has 1 aromatic rings. The van der Waals surface area contributed by atoms with Crippen LogP contribution < -0.4 is 10.6 Å². The third kappa shape index (κ3) is 8.79. The summed E-state index contributed by atoms with van der Waals surface area (Å²) in [6.45, 7) is 6.45. The maximum atomic E-state index is 13.2. The van der Waals surface area contributed by atoms with Gasteiger partial charge in [-0.1, -0.05) is 36.9 Å². The van der Waals surface area contributed by atoms with Crippen LogP contribution in [0.1, 0.15) is 31.7 Å². The van der Waals surface area contributed by atoms with Crippen LogP contribution in [0.2, 0.25) is 0 Å². The number of rotatable bonds is 12. The Morgan fingerprint density at radius 3 is 2.41 bits per heavy atom. The third-order valence-corrected chi connectivity index (χ3v) is 7.40. The number of alkyl carbamates (subject to hydrolysis) is 1. The fraction of sp³-hybridized carbons (Fsp3) is 0.522. The van der Waals surface area contributed by atoms with Crippen LogP contribution in [0, 0.1) is 0 Å². The number of carbonyl (C=O) groups excluding carboxylic acids is 3. The normalized spacial score (nSPS) is 15.3. The molecule has 1 saturated heterocycles. The first kappa shape index (κ1) is 27.3. The molecule has 0 spiro atoms. The Balaban J connectivity index is 1.93. The van der Waals surface area contributed by atoms with Gasteiger partial charge < -0.3 is 20.3 Å². The Labute approximate surface area is 201 Å². The number of nitrogens with zero attached hydrogens (tertiary/aromatic N) is 2. The lowest BCUT2D eigenvalue weighted by Crippen LogP contribution is -2.56. The minimum absolute atomic E-state index is 0.0147. The molecule has 1 aromatic carbocycles. The van der Waals surface area contributed by atoms with Crippen molar-refractivity contribution < 1.29 is 27.5 Å². The molecule has 3 amide bonds. The molecular weight excluding hydrogens is 460 g/mol. The highest BCUT2D eigenvalue weighted by Crippen LogP contribution is 2.12.